The lowest BCUT2D eigenvalue weighted by Gasteiger charge is -2.25. The molecule has 0 aliphatic carbocycles. The van der Waals surface area contributed by atoms with Crippen LogP contribution in [-0.4, -0.2) is 53.9 Å². The van der Waals surface area contributed by atoms with E-state index in [4.69, 9.17) is 4.74 Å². The topological polar surface area (TPSA) is 67.4 Å². The predicted molar refractivity (Wildman–Crippen MR) is 69.9 cm³/mol. The molecule has 7 heteroatoms. The van der Waals surface area contributed by atoms with E-state index < -0.39 is 0 Å². The Hall–Kier alpha value is -1.05. The molecular formula is C11H18N4O2S. The Morgan fingerprint density at radius 3 is 2.78 bits per heavy atom. The first-order chi connectivity index (χ1) is 8.65. The molecule has 1 aliphatic rings. The van der Waals surface area contributed by atoms with Gasteiger partial charge in [0, 0.05) is 19.0 Å². The SMILES string of the molecule is CC(C)c1nnc(NC(=O)CN2CCOCC2)s1. The number of anilines is 1. The molecule has 0 aromatic carbocycles. The third-order valence-electron chi connectivity index (χ3n) is 2.65. The monoisotopic (exact) mass is 270 g/mol. The van der Waals surface area contributed by atoms with Crippen LogP contribution in [0.2, 0.25) is 0 Å². The van der Waals surface area contributed by atoms with Crippen molar-refractivity contribution >= 4 is 22.4 Å². The molecule has 0 unspecified atom stereocenters. The fraction of sp³-hybridized carbons (Fsp3) is 0.727. The zero-order valence-electron chi connectivity index (χ0n) is 10.7. The van der Waals surface area contributed by atoms with Crippen LogP contribution in [0.5, 0.6) is 0 Å². The van der Waals surface area contributed by atoms with Gasteiger partial charge in [0.05, 0.1) is 19.8 Å². The van der Waals surface area contributed by atoms with Crippen molar-refractivity contribution in [3.05, 3.63) is 5.01 Å². The van der Waals surface area contributed by atoms with Gasteiger partial charge in [-0.05, 0) is 0 Å². The summed E-state index contributed by atoms with van der Waals surface area (Å²) < 4.78 is 5.24. The lowest BCUT2D eigenvalue weighted by molar-refractivity contribution is -0.118. The Morgan fingerprint density at radius 2 is 2.17 bits per heavy atom. The van der Waals surface area contributed by atoms with Gasteiger partial charge in [-0.1, -0.05) is 25.2 Å². The number of nitrogens with one attached hydrogen (secondary N) is 1. The number of morpholine rings is 1. The summed E-state index contributed by atoms with van der Waals surface area (Å²) in [6.45, 7) is 7.51. The Labute approximate surface area is 110 Å². The fourth-order valence-corrected chi connectivity index (χ4v) is 2.40. The van der Waals surface area contributed by atoms with E-state index in [0.717, 1.165) is 18.1 Å². The van der Waals surface area contributed by atoms with Crippen LogP contribution in [0, 0.1) is 0 Å². The highest BCUT2D eigenvalue weighted by Crippen LogP contribution is 2.22. The van der Waals surface area contributed by atoms with Crippen molar-refractivity contribution in [3.8, 4) is 0 Å². The lowest BCUT2D eigenvalue weighted by Crippen LogP contribution is -2.41. The minimum absolute atomic E-state index is 0.0386. The number of nitrogens with zero attached hydrogens (tertiary/aromatic N) is 3. The molecule has 18 heavy (non-hydrogen) atoms. The second kappa shape index (κ2) is 6.21. The lowest BCUT2D eigenvalue weighted by atomic mass is 10.2. The summed E-state index contributed by atoms with van der Waals surface area (Å²) in [5.74, 6) is 0.302. The second-order valence-electron chi connectivity index (χ2n) is 4.54. The van der Waals surface area contributed by atoms with Gasteiger partial charge in [0.1, 0.15) is 5.01 Å². The van der Waals surface area contributed by atoms with Gasteiger partial charge in [-0.2, -0.15) is 0 Å². The Morgan fingerprint density at radius 1 is 1.44 bits per heavy atom. The smallest absolute Gasteiger partial charge is 0.240 e. The van der Waals surface area contributed by atoms with Crippen molar-refractivity contribution in [2.75, 3.05) is 38.2 Å². The molecule has 0 radical (unpaired) electrons. The van der Waals surface area contributed by atoms with Gasteiger partial charge >= 0.3 is 0 Å². The molecule has 0 atom stereocenters. The van der Waals surface area contributed by atoms with Crippen molar-refractivity contribution in [3.63, 3.8) is 0 Å². The Balaban J connectivity index is 1.82. The number of rotatable bonds is 4. The predicted octanol–water partition coefficient (Wildman–Crippen LogP) is 0.932. The van der Waals surface area contributed by atoms with E-state index in [1.54, 1.807) is 0 Å². The average Bonchev–Trinajstić information content (AvgIpc) is 2.78. The number of aromatic nitrogens is 2. The molecule has 0 bridgehead atoms. The number of carbonyl (C=O) groups is 1. The standard InChI is InChI=1S/C11H18N4O2S/c1-8(2)10-13-14-11(18-10)12-9(16)7-15-3-5-17-6-4-15/h8H,3-7H2,1-2H3,(H,12,14,16). The fourth-order valence-electron chi connectivity index (χ4n) is 1.64. The van der Waals surface area contributed by atoms with E-state index >= 15 is 0 Å². The summed E-state index contributed by atoms with van der Waals surface area (Å²) in [6.07, 6.45) is 0. The highest BCUT2D eigenvalue weighted by atomic mass is 32.1. The van der Waals surface area contributed by atoms with Crippen molar-refractivity contribution < 1.29 is 9.53 Å². The second-order valence-corrected chi connectivity index (χ2v) is 5.55. The molecule has 2 rings (SSSR count). The summed E-state index contributed by atoms with van der Waals surface area (Å²) in [6, 6.07) is 0. The van der Waals surface area contributed by atoms with Crippen LogP contribution < -0.4 is 5.32 Å². The zero-order chi connectivity index (χ0) is 13.0. The third kappa shape index (κ3) is 3.72. The van der Waals surface area contributed by atoms with Crippen molar-refractivity contribution in [1.29, 1.82) is 0 Å². The first-order valence-corrected chi connectivity index (χ1v) is 6.90. The van der Waals surface area contributed by atoms with Crippen molar-refractivity contribution in [1.82, 2.24) is 15.1 Å². The van der Waals surface area contributed by atoms with E-state index in [-0.39, 0.29) is 5.91 Å². The molecule has 1 amide bonds. The molecule has 6 nitrogen and oxygen atoms in total. The van der Waals surface area contributed by atoms with Crippen LogP contribution in [0.25, 0.3) is 0 Å². The summed E-state index contributed by atoms with van der Waals surface area (Å²) in [7, 11) is 0. The van der Waals surface area contributed by atoms with Crippen LogP contribution in [0.3, 0.4) is 0 Å². The summed E-state index contributed by atoms with van der Waals surface area (Å²) in [4.78, 5) is 13.9. The normalized spacial score (nSPS) is 17.1. The largest absolute Gasteiger partial charge is 0.379 e. The van der Waals surface area contributed by atoms with E-state index in [0.29, 0.717) is 30.8 Å². The molecule has 0 saturated carbocycles. The highest BCUT2D eigenvalue weighted by Gasteiger charge is 2.15. The van der Waals surface area contributed by atoms with Crippen molar-refractivity contribution in [2.24, 2.45) is 0 Å². The molecule has 2 heterocycles. The highest BCUT2D eigenvalue weighted by molar-refractivity contribution is 7.15. The average molecular weight is 270 g/mol. The van der Waals surface area contributed by atoms with Crippen LogP contribution in [-0.2, 0) is 9.53 Å². The molecule has 0 spiro atoms. The molecule has 1 aliphatic heterocycles. The minimum Gasteiger partial charge on any atom is -0.379 e. The Bertz CT molecular complexity index is 402. The molecular weight excluding hydrogens is 252 g/mol. The van der Waals surface area contributed by atoms with Crippen LogP contribution >= 0.6 is 11.3 Å². The summed E-state index contributed by atoms with van der Waals surface area (Å²) in [5.41, 5.74) is 0. The van der Waals surface area contributed by atoms with E-state index in [1.807, 2.05) is 0 Å². The van der Waals surface area contributed by atoms with Gasteiger partial charge in [-0.25, -0.2) is 0 Å². The molecule has 1 aromatic rings. The quantitative estimate of drug-likeness (QED) is 0.881. The summed E-state index contributed by atoms with van der Waals surface area (Å²) in [5, 5.41) is 12.3. The van der Waals surface area contributed by atoms with Crippen LogP contribution in [0.15, 0.2) is 0 Å². The van der Waals surface area contributed by atoms with Crippen LogP contribution in [0.1, 0.15) is 24.8 Å². The molecule has 1 N–H and O–H groups in total. The maximum atomic E-state index is 11.8. The molecule has 1 saturated heterocycles. The van der Waals surface area contributed by atoms with Gasteiger partial charge in [0.2, 0.25) is 11.0 Å². The van der Waals surface area contributed by atoms with E-state index in [9.17, 15) is 4.79 Å². The summed E-state index contributed by atoms with van der Waals surface area (Å²) >= 11 is 1.43. The molecule has 100 valence electrons. The number of hydrogen-bond donors (Lipinski definition) is 1. The van der Waals surface area contributed by atoms with Gasteiger partial charge in [0.25, 0.3) is 0 Å². The van der Waals surface area contributed by atoms with Gasteiger partial charge in [0.15, 0.2) is 0 Å². The third-order valence-corrected chi connectivity index (χ3v) is 3.79. The Kier molecular flexibility index (Phi) is 4.62. The first kappa shape index (κ1) is 13.4. The van der Waals surface area contributed by atoms with Crippen LogP contribution in [0.4, 0.5) is 5.13 Å². The maximum absolute atomic E-state index is 11.8. The number of carbonyl (C=O) groups excluding carboxylic acids is 1. The van der Waals surface area contributed by atoms with E-state index in [2.05, 4.69) is 34.3 Å². The van der Waals surface area contributed by atoms with E-state index in [1.165, 1.54) is 11.3 Å². The zero-order valence-corrected chi connectivity index (χ0v) is 11.5. The van der Waals surface area contributed by atoms with Gasteiger partial charge < -0.3 is 4.74 Å². The minimum atomic E-state index is -0.0386. The first-order valence-electron chi connectivity index (χ1n) is 6.08. The number of ether oxygens (including phenoxy) is 1. The molecule has 1 fully saturated rings. The molecule has 1 aromatic heterocycles. The van der Waals surface area contributed by atoms with Gasteiger partial charge in [-0.15, -0.1) is 10.2 Å². The van der Waals surface area contributed by atoms with Crippen molar-refractivity contribution in [2.45, 2.75) is 19.8 Å². The number of hydrogen-bond acceptors (Lipinski definition) is 6. The van der Waals surface area contributed by atoms with Gasteiger partial charge in [-0.3, -0.25) is 15.0 Å². The number of amides is 1. The maximum Gasteiger partial charge on any atom is 0.240 e.